The maximum Gasteiger partial charge on any atom is 0.159 e. The Kier molecular flexibility index (Phi) is 3.82. The Morgan fingerprint density at radius 1 is 1.38 bits per heavy atom. The van der Waals surface area contributed by atoms with Crippen molar-refractivity contribution in [2.24, 2.45) is 0 Å². The average Bonchev–Trinajstić information content (AvgIpc) is 2.32. The van der Waals surface area contributed by atoms with Crippen LogP contribution in [0.25, 0.3) is 0 Å². The summed E-state index contributed by atoms with van der Waals surface area (Å²) in [6.45, 7) is 8.45. The first-order valence-corrected chi connectivity index (χ1v) is 6.35. The second kappa shape index (κ2) is 5.15. The maximum atomic E-state index is 6.16. The molecule has 0 N–H and O–H groups in total. The van der Waals surface area contributed by atoms with Gasteiger partial charge in [-0.3, -0.25) is 0 Å². The monoisotopic (exact) mass is 222 g/mol. The molecule has 2 nitrogen and oxygen atoms in total. The van der Waals surface area contributed by atoms with Crippen LogP contribution in [0.2, 0.25) is 0 Å². The molecule has 90 valence electrons. The zero-order valence-corrected chi connectivity index (χ0v) is 10.0. The fourth-order valence-electron chi connectivity index (χ4n) is 2.80. The number of ether oxygens (including phenoxy) is 2. The largest absolute Gasteiger partial charge is 0.349 e. The summed E-state index contributed by atoms with van der Waals surface area (Å²) in [6.07, 6.45) is 9.80. The summed E-state index contributed by atoms with van der Waals surface area (Å²) < 4.78 is 11.8. The average molecular weight is 222 g/mol. The smallest absolute Gasteiger partial charge is 0.159 e. The summed E-state index contributed by atoms with van der Waals surface area (Å²) in [5, 5.41) is 0. The minimum Gasteiger partial charge on any atom is -0.349 e. The zero-order chi connectivity index (χ0) is 11.4. The Bertz CT molecular complexity index is 262. The molecular weight excluding hydrogens is 200 g/mol. The topological polar surface area (TPSA) is 18.5 Å². The lowest BCUT2D eigenvalue weighted by Crippen LogP contribution is -2.44. The highest BCUT2D eigenvalue weighted by atomic mass is 16.7. The molecule has 1 saturated carbocycles. The molecule has 0 aromatic heterocycles. The van der Waals surface area contributed by atoms with Gasteiger partial charge in [0.25, 0.3) is 0 Å². The molecule has 2 heteroatoms. The number of hydrogen-bond donors (Lipinski definition) is 0. The SMILES string of the molecule is C=CCOC1CCC(=C)C2(CCCCC2)O1. The lowest BCUT2D eigenvalue weighted by molar-refractivity contribution is -0.219. The Labute approximate surface area is 98.3 Å². The van der Waals surface area contributed by atoms with Crippen molar-refractivity contribution >= 4 is 0 Å². The Balaban J connectivity index is 1.98. The van der Waals surface area contributed by atoms with Crippen molar-refractivity contribution in [3.05, 3.63) is 24.8 Å². The van der Waals surface area contributed by atoms with Gasteiger partial charge in [0.05, 0.1) is 12.2 Å². The molecule has 2 fully saturated rings. The molecule has 2 rings (SSSR count). The van der Waals surface area contributed by atoms with Crippen molar-refractivity contribution in [2.45, 2.75) is 56.8 Å². The highest BCUT2D eigenvalue weighted by Crippen LogP contribution is 2.43. The summed E-state index contributed by atoms with van der Waals surface area (Å²) in [5.74, 6) is 0. The van der Waals surface area contributed by atoms with Crippen molar-refractivity contribution < 1.29 is 9.47 Å². The van der Waals surface area contributed by atoms with Crippen LogP contribution in [0.15, 0.2) is 24.8 Å². The summed E-state index contributed by atoms with van der Waals surface area (Å²) in [6, 6.07) is 0. The highest BCUT2D eigenvalue weighted by Gasteiger charge is 2.41. The van der Waals surface area contributed by atoms with Gasteiger partial charge >= 0.3 is 0 Å². The number of hydrogen-bond acceptors (Lipinski definition) is 2. The van der Waals surface area contributed by atoms with Gasteiger partial charge in [-0.25, -0.2) is 0 Å². The van der Waals surface area contributed by atoms with E-state index >= 15 is 0 Å². The third kappa shape index (κ3) is 2.38. The summed E-state index contributed by atoms with van der Waals surface area (Å²) in [4.78, 5) is 0. The molecule has 1 atom stereocenters. The highest BCUT2D eigenvalue weighted by molar-refractivity contribution is 5.16. The molecule has 1 spiro atoms. The molecule has 1 aliphatic carbocycles. The molecule has 1 aliphatic heterocycles. The fourth-order valence-corrected chi connectivity index (χ4v) is 2.80. The summed E-state index contributed by atoms with van der Waals surface area (Å²) in [7, 11) is 0. The van der Waals surface area contributed by atoms with E-state index in [0.29, 0.717) is 6.61 Å². The minimum atomic E-state index is -0.0671. The van der Waals surface area contributed by atoms with Crippen LogP contribution in [-0.4, -0.2) is 18.5 Å². The van der Waals surface area contributed by atoms with Crippen LogP contribution in [-0.2, 0) is 9.47 Å². The molecular formula is C14H22O2. The zero-order valence-electron chi connectivity index (χ0n) is 10.0. The van der Waals surface area contributed by atoms with Crippen molar-refractivity contribution in [2.75, 3.05) is 6.61 Å². The van der Waals surface area contributed by atoms with Crippen LogP contribution in [0.5, 0.6) is 0 Å². The Morgan fingerprint density at radius 3 is 2.81 bits per heavy atom. The fraction of sp³-hybridized carbons (Fsp3) is 0.714. The van der Waals surface area contributed by atoms with E-state index < -0.39 is 0 Å². The molecule has 2 aliphatic rings. The van der Waals surface area contributed by atoms with Crippen LogP contribution in [0.3, 0.4) is 0 Å². The Morgan fingerprint density at radius 2 is 2.12 bits per heavy atom. The van der Waals surface area contributed by atoms with E-state index in [2.05, 4.69) is 13.2 Å². The van der Waals surface area contributed by atoms with E-state index in [4.69, 9.17) is 9.47 Å². The summed E-state index contributed by atoms with van der Waals surface area (Å²) >= 11 is 0. The molecule has 0 bridgehead atoms. The van der Waals surface area contributed by atoms with Gasteiger partial charge in [0.2, 0.25) is 0 Å². The van der Waals surface area contributed by atoms with E-state index in [0.717, 1.165) is 25.7 Å². The first-order valence-electron chi connectivity index (χ1n) is 6.35. The van der Waals surface area contributed by atoms with Crippen LogP contribution in [0, 0.1) is 0 Å². The lowest BCUT2D eigenvalue weighted by Gasteiger charge is -2.45. The van der Waals surface area contributed by atoms with Crippen molar-refractivity contribution in [3.8, 4) is 0 Å². The van der Waals surface area contributed by atoms with Gasteiger partial charge in [-0.15, -0.1) is 6.58 Å². The maximum absolute atomic E-state index is 6.16. The van der Waals surface area contributed by atoms with Crippen LogP contribution in [0.1, 0.15) is 44.9 Å². The minimum absolute atomic E-state index is 0.0541. The Hall–Kier alpha value is -0.600. The molecule has 16 heavy (non-hydrogen) atoms. The molecule has 0 amide bonds. The third-order valence-electron chi connectivity index (χ3n) is 3.74. The van der Waals surface area contributed by atoms with Crippen LogP contribution >= 0.6 is 0 Å². The van der Waals surface area contributed by atoms with Gasteiger partial charge in [-0.05, 0) is 24.8 Å². The summed E-state index contributed by atoms with van der Waals surface area (Å²) in [5.41, 5.74) is 1.22. The van der Waals surface area contributed by atoms with E-state index in [1.54, 1.807) is 6.08 Å². The van der Waals surface area contributed by atoms with Gasteiger partial charge in [0.15, 0.2) is 6.29 Å². The predicted octanol–water partition coefficient (Wildman–Crippen LogP) is 3.58. The third-order valence-corrected chi connectivity index (χ3v) is 3.74. The van der Waals surface area contributed by atoms with Gasteiger partial charge in [-0.1, -0.05) is 31.9 Å². The first-order chi connectivity index (χ1) is 7.77. The molecule has 0 aromatic carbocycles. The van der Waals surface area contributed by atoms with Crippen LogP contribution in [0.4, 0.5) is 0 Å². The predicted molar refractivity (Wildman–Crippen MR) is 65.2 cm³/mol. The normalized spacial score (nSPS) is 29.2. The van der Waals surface area contributed by atoms with Crippen molar-refractivity contribution in [3.63, 3.8) is 0 Å². The van der Waals surface area contributed by atoms with Crippen molar-refractivity contribution in [1.82, 2.24) is 0 Å². The van der Waals surface area contributed by atoms with Gasteiger partial charge in [-0.2, -0.15) is 0 Å². The molecule has 1 unspecified atom stereocenters. The first kappa shape index (κ1) is 11.9. The standard InChI is InChI=1S/C14H22O2/c1-3-11-15-13-8-7-12(2)14(16-13)9-5-4-6-10-14/h3,13H,1-2,4-11H2. The van der Waals surface area contributed by atoms with Gasteiger partial charge in [0, 0.05) is 6.42 Å². The molecule has 1 heterocycles. The molecule has 1 saturated heterocycles. The van der Waals surface area contributed by atoms with Gasteiger partial charge < -0.3 is 9.47 Å². The van der Waals surface area contributed by atoms with E-state index in [1.165, 1.54) is 24.8 Å². The van der Waals surface area contributed by atoms with E-state index in [-0.39, 0.29) is 11.9 Å². The lowest BCUT2D eigenvalue weighted by atomic mass is 9.77. The van der Waals surface area contributed by atoms with Crippen LogP contribution < -0.4 is 0 Å². The second-order valence-corrected chi connectivity index (χ2v) is 4.87. The van der Waals surface area contributed by atoms with Gasteiger partial charge in [0.1, 0.15) is 0 Å². The van der Waals surface area contributed by atoms with E-state index in [1.807, 2.05) is 0 Å². The number of rotatable bonds is 3. The second-order valence-electron chi connectivity index (χ2n) is 4.87. The molecule has 0 radical (unpaired) electrons. The van der Waals surface area contributed by atoms with E-state index in [9.17, 15) is 0 Å². The molecule has 0 aromatic rings. The van der Waals surface area contributed by atoms with Crippen molar-refractivity contribution in [1.29, 1.82) is 0 Å². The quantitative estimate of drug-likeness (QED) is 0.679.